The lowest BCUT2D eigenvalue weighted by atomic mass is 9.74. The first-order valence-electron chi connectivity index (χ1n) is 8.34. The average Bonchev–Trinajstić information content (AvgIpc) is 2.75. The van der Waals surface area contributed by atoms with Crippen molar-refractivity contribution in [3.05, 3.63) is 47.8 Å². The first kappa shape index (κ1) is 17.8. The van der Waals surface area contributed by atoms with Gasteiger partial charge in [-0.05, 0) is 45.7 Å². The van der Waals surface area contributed by atoms with Crippen molar-refractivity contribution in [1.82, 2.24) is 4.98 Å². The molecule has 0 radical (unpaired) electrons. The average molecular weight is 344 g/mol. The van der Waals surface area contributed by atoms with Gasteiger partial charge in [-0.1, -0.05) is 18.2 Å². The molecule has 1 N–H and O–H groups in total. The molecule has 1 atom stereocenters. The molecule has 1 aromatic rings. The van der Waals surface area contributed by atoms with E-state index in [1.165, 1.54) is 18.3 Å². The summed E-state index contributed by atoms with van der Waals surface area (Å²) < 4.78 is 25.2. The summed E-state index contributed by atoms with van der Waals surface area (Å²) in [6.45, 7) is 8.01. The lowest BCUT2D eigenvalue weighted by Gasteiger charge is -2.32. The molecule has 1 fully saturated rings. The Morgan fingerprint density at radius 1 is 1.32 bits per heavy atom. The minimum absolute atomic E-state index is 0.208. The first-order valence-corrected chi connectivity index (χ1v) is 8.34. The molecule has 0 spiro atoms. The first-order chi connectivity index (χ1) is 11.7. The van der Waals surface area contributed by atoms with Crippen molar-refractivity contribution in [3.63, 3.8) is 0 Å². The minimum atomic E-state index is -0.438. The Balaban J connectivity index is 1.62. The number of amides is 1. The summed E-state index contributed by atoms with van der Waals surface area (Å²) in [5.74, 6) is -0.790. The molecule has 5 nitrogen and oxygen atoms in total. The smallest absolute Gasteiger partial charge is 0.399 e. The third-order valence-corrected chi connectivity index (χ3v) is 4.96. The Kier molecular flexibility index (Phi) is 4.55. The van der Waals surface area contributed by atoms with Crippen molar-refractivity contribution < 1.29 is 18.5 Å². The summed E-state index contributed by atoms with van der Waals surface area (Å²) >= 11 is 0. The van der Waals surface area contributed by atoms with Gasteiger partial charge < -0.3 is 14.6 Å². The number of pyridine rings is 1. The van der Waals surface area contributed by atoms with Crippen LogP contribution in [0.25, 0.3) is 0 Å². The van der Waals surface area contributed by atoms with Crippen LogP contribution in [0.15, 0.2) is 42.0 Å². The van der Waals surface area contributed by atoms with Crippen LogP contribution >= 0.6 is 0 Å². The van der Waals surface area contributed by atoms with Crippen LogP contribution in [-0.2, 0) is 14.1 Å². The summed E-state index contributed by atoms with van der Waals surface area (Å²) in [6, 6.07) is 2.42. The highest BCUT2D eigenvalue weighted by Gasteiger charge is 2.52. The number of carbonyl (C=O) groups is 1. The maximum atomic E-state index is 13.2. The van der Waals surface area contributed by atoms with Gasteiger partial charge in [-0.2, -0.15) is 0 Å². The third kappa shape index (κ3) is 3.67. The van der Waals surface area contributed by atoms with Gasteiger partial charge in [0.15, 0.2) is 0 Å². The van der Waals surface area contributed by atoms with Gasteiger partial charge in [0.05, 0.1) is 17.1 Å². The number of hydrogen-bond acceptors (Lipinski definition) is 4. The molecule has 7 heteroatoms. The van der Waals surface area contributed by atoms with Crippen LogP contribution in [0.3, 0.4) is 0 Å². The number of allylic oxidation sites excluding steroid dienone is 3. The van der Waals surface area contributed by atoms with Crippen LogP contribution in [0.2, 0.25) is 0 Å². The Hall–Kier alpha value is -1.99. The topological polar surface area (TPSA) is 60.5 Å². The van der Waals surface area contributed by atoms with E-state index in [9.17, 15) is 9.18 Å². The third-order valence-electron chi connectivity index (χ3n) is 4.96. The zero-order valence-electron chi connectivity index (χ0n) is 14.9. The van der Waals surface area contributed by atoms with Crippen LogP contribution in [0.1, 0.15) is 34.1 Å². The second kappa shape index (κ2) is 6.39. The van der Waals surface area contributed by atoms with Crippen molar-refractivity contribution in [2.24, 2.45) is 5.92 Å². The largest absolute Gasteiger partial charge is 0.494 e. The van der Waals surface area contributed by atoms with Gasteiger partial charge in [-0.25, -0.2) is 9.37 Å². The molecule has 0 saturated carbocycles. The molecule has 1 unspecified atom stereocenters. The summed E-state index contributed by atoms with van der Waals surface area (Å²) in [5.41, 5.74) is 0.111. The molecule has 1 aromatic heterocycles. The highest BCUT2D eigenvalue weighted by molar-refractivity contribution is 6.55. The van der Waals surface area contributed by atoms with Crippen molar-refractivity contribution in [1.29, 1.82) is 0 Å². The maximum Gasteiger partial charge on any atom is 0.494 e. The number of aromatic nitrogens is 1. The van der Waals surface area contributed by atoms with Crippen molar-refractivity contribution >= 4 is 18.8 Å². The highest BCUT2D eigenvalue weighted by Crippen LogP contribution is 2.39. The highest BCUT2D eigenvalue weighted by atomic mass is 19.1. The van der Waals surface area contributed by atoms with Gasteiger partial charge in [-0.15, -0.1) is 0 Å². The van der Waals surface area contributed by atoms with E-state index in [4.69, 9.17) is 9.31 Å². The van der Waals surface area contributed by atoms with E-state index in [1.807, 2.05) is 45.9 Å². The summed E-state index contributed by atoms with van der Waals surface area (Å²) in [7, 11) is -0.435. The van der Waals surface area contributed by atoms with Crippen LogP contribution in [0.4, 0.5) is 10.2 Å². The van der Waals surface area contributed by atoms with E-state index in [2.05, 4.69) is 10.3 Å². The Bertz CT molecular complexity index is 730. The monoisotopic (exact) mass is 344 g/mol. The molecular formula is C18H22BFN2O3. The molecule has 1 saturated heterocycles. The fourth-order valence-corrected chi connectivity index (χ4v) is 2.68. The lowest BCUT2D eigenvalue weighted by molar-refractivity contribution is -0.118. The molecule has 2 aliphatic rings. The number of rotatable bonds is 3. The summed E-state index contributed by atoms with van der Waals surface area (Å²) in [5, 5.41) is 2.63. The van der Waals surface area contributed by atoms with Gasteiger partial charge in [-0.3, -0.25) is 4.79 Å². The van der Waals surface area contributed by atoms with Gasteiger partial charge in [0, 0.05) is 12.3 Å². The predicted octanol–water partition coefficient (Wildman–Crippen LogP) is 3.29. The summed E-state index contributed by atoms with van der Waals surface area (Å²) in [6.07, 6.45) is 7.46. The number of carbonyl (C=O) groups excluding carboxylic acids is 1. The van der Waals surface area contributed by atoms with E-state index in [1.54, 1.807) is 0 Å². The SMILES string of the molecule is CC1(C)OB(C2=CCC(C(=O)Nc3cc(F)ccn3)C=C2)OC1(C)C. The molecule has 1 aliphatic carbocycles. The number of nitrogens with zero attached hydrogens (tertiary/aromatic N) is 1. The van der Waals surface area contributed by atoms with Crippen LogP contribution in [0, 0.1) is 11.7 Å². The van der Waals surface area contributed by atoms with Crippen molar-refractivity contribution in [2.45, 2.75) is 45.3 Å². The Morgan fingerprint density at radius 2 is 2.00 bits per heavy atom. The fourth-order valence-electron chi connectivity index (χ4n) is 2.68. The zero-order valence-corrected chi connectivity index (χ0v) is 14.9. The second-order valence-electron chi connectivity index (χ2n) is 7.34. The normalized spacial score (nSPS) is 24.1. The molecule has 1 aliphatic heterocycles. The van der Waals surface area contributed by atoms with Crippen molar-refractivity contribution in [3.8, 4) is 0 Å². The number of hydrogen-bond donors (Lipinski definition) is 1. The molecule has 2 heterocycles. The fraction of sp³-hybridized carbons (Fsp3) is 0.444. The van der Waals surface area contributed by atoms with Gasteiger partial charge in [0.1, 0.15) is 11.6 Å². The minimum Gasteiger partial charge on any atom is -0.399 e. The quantitative estimate of drug-likeness (QED) is 0.855. The van der Waals surface area contributed by atoms with Gasteiger partial charge in [0.25, 0.3) is 0 Å². The van der Waals surface area contributed by atoms with E-state index in [0.717, 1.165) is 5.47 Å². The standard InChI is InChI=1S/C18H22BFN2O3/c1-17(2)18(3,4)25-19(24-17)13-7-5-12(6-8-13)16(23)22-15-11-14(20)9-10-21-15/h5,7-12H,6H2,1-4H3,(H,21,22,23). The van der Waals surface area contributed by atoms with Crippen molar-refractivity contribution in [2.75, 3.05) is 5.32 Å². The molecule has 0 aromatic carbocycles. The van der Waals surface area contributed by atoms with E-state index < -0.39 is 24.1 Å². The zero-order chi connectivity index (χ0) is 18.2. The number of anilines is 1. The Labute approximate surface area is 147 Å². The maximum absolute atomic E-state index is 13.2. The lowest BCUT2D eigenvalue weighted by Crippen LogP contribution is -2.41. The molecule has 1 amide bonds. The van der Waals surface area contributed by atoms with Gasteiger partial charge in [0.2, 0.25) is 5.91 Å². The van der Waals surface area contributed by atoms with Crippen LogP contribution < -0.4 is 5.32 Å². The second-order valence-corrected chi connectivity index (χ2v) is 7.34. The molecule has 3 rings (SSSR count). The number of nitrogens with one attached hydrogen (secondary N) is 1. The molecule has 0 bridgehead atoms. The Morgan fingerprint density at radius 3 is 2.56 bits per heavy atom. The van der Waals surface area contributed by atoms with Crippen LogP contribution in [-0.4, -0.2) is 29.2 Å². The van der Waals surface area contributed by atoms with E-state index in [0.29, 0.717) is 6.42 Å². The van der Waals surface area contributed by atoms with Gasteiger partial charge >= 0.3 is 7.12 Å². The molecule has 132 valence electrons. The van der Waals surface area contributed by atoms with E-state index >= 15 is 0 Å². The summed E-state index contributed by atoms with van der Waals surface area (Å²) in [4.78, 5) is 16.2. The molecular weight excluding hydrogens is 322 g/mol. The van der Waals surface area contributed by atoms with E-state index in [-0.39, 0.29) is 17.6 Å². The predicted molar refractivity (Wildman–Crippen MR) is 94.2 cm³/mol. The number of halogens is 1. The van der Waals surface area contributed by atoms with Crippen LogP contribution in [0.5, 0.6) is 0 Å². The molecule has 25 heavy (non-hydrogen) atoms.